The average molecular weight is 250 g/mol. The monoisotopic (exact) mass is 250 g/mol. The van der Waals surface area contributed by atoms with E-state index < -0.39 is 6.04 Å². The highest BCUT2D eigenvalue weighted by molar-refractivity contribution is 5.96. The summed E-state index contributed by atoms with van der Waals surface area (Å²) in [5.74, 6) is 0.202. The molecule has 1 aromatic carbocycles. The molecule has 0 heterocycles. The lowest BCUT2D eigenvalue weighted by Gasteiger charge is -2.16. The van der Waals surface area contributed by atoms with Gasteiger partial charge in [0.2, 0.25) is 5.91 Å². The summed E-state index contributed by atoms with van der Waals surface area (Å²) in [4.78, 5) is 11.9. The van der Waals surface area contributed by atoms with Crippen LogP contribution in [0.3, 0.4) is 0 Å². The van der Waals surface area contributed by atoms with Gasteiger partial charge in [-0.3, -0.25) is 4.79 Å². The number of nitrogens with two attached hydrogens (primary N) is 1. The zero-order chi connectivity index (χ0) is 13.9. The Kier molecular flexibility index (Phi) is 4.73. The zero-order valence-electron chi connectivity index (χ0n) is 11.4. The van der Waals surface area contributed by atoms with Crippen LogP contribution >= 0.6 is 0 Å². The van der Waals surface area contributed by atoms with Crippen LogP contribution in [-0.4, -0.2) is 17.1 Å². The molecule has 100 valence electrons. The van der Waals surface area contributed by atoms with Crippen LogP contribution in [0, 0.1) is 19.8 Å². The van der Waals surface area contributed by atoms with Crippen molar-refractivity contribution in [3.63, 3.8) is 0 Å². The highest BCUT2D eigenvalue weighted by atomic mass is 16.3. The molecule has 0 aromatic heterocycles. The Morgan fingerprint density at radius 2 is 2.00 bits per heavy atom. The quantitative estimate of drug-likeness (QED) is 0.718. The third kappa shape index (κ3) is 3.74. The third-order valence-electron chi connectivity index (χ3n) is 2.76. The molecule has 1 rings (SSSR count). The highest BCUT2D eigenvalue weighted by Gasteiger charge is 2.17. The predicted molar refractivity (Wildman–Crippen MR) is 73.6 cm³/mol. The van der Waals surface area contributed by atoms with Crippen LogP contribution < -0.4 is 11.1 Å². The van der Waals surface area contributed by atoms with Gasteiger partial charge in [0.05, 0.1) is 11.7 Å². The lowest BCUT2D eigenvalue weighted by atomic mass is 10.0. The number of rotatable bonds is 4. The number of anilines is 1. The van der Waals surface area contributed by atoms with E-state index in [1.54, 1.807) is 13.0 Å². The van der Waals surface area contributed by atoms with Crippen molar-refractivity contribution in [1.82, 2.24) is 0 Å². The molecule has 1 atom stereocenters. The number of carbonyl (C=O) groups is 1. The molecule has 1 amide bonds. The molecule has 0 saturated carbocycles. The maximum atomic E-state index is 11.9. The van der Waals surface area contributed by atoms with Crippen molar-refractivity contribution in [2.75, 3.05) is 5.32 Å². The molecule has 18 heavy (non-hydrogen) atoms. The van der Waals surface area contributed by atoms with Gasteiger partial charge in [-0.25, -0.2) is 0 Å². The molecular formula is C14H22N2O2. The Balaban J connectivity index is 2.82. The summed E-state index contributed by atoms with van der Waals surface area (Å²) in [5.41, 5.74) is 7.95. The van der Waals surface area contributed by atoms with Crippen molar-refractivity contribution in [2.45, 2.75) is 40.2 Å². The van der Waals surface area contributed by atoms with E-state index in [4.69, 9.17) is 5.73 Å². The SMILES string of the molecule is Cc1cc(C)c(O)c(NC(=O)[C@H](N)CC(C)C)c1. The maximum Gasteiger partial charge on any atom is 0.241 e. The van der Waals surface area contributed by atoms with Gasteiger partial charge in [0.1, 0.15) is 5.75 Å². The van der Waals surface area contributed by atoms with E-state index in [1.807, 2.05) is 26.8 Å². The molecule has 4 heteroatoms. The van der Waals surface area contributed by atoms with Gasteiger partial charge in [-0.1, -0.05) is 19.9 Å². The first-order valence-corrected chi connectivity index (χ1v) is 6.18. The lowest BCUT2D eigenvalue weighted by molar-refractivity contribution is -0.117. The van der Waals surface area contributed by atoms with Gasteiger partial charge in [0, 0.05) is 0 Å². The molecule has 0 fully saturated rings. The standard InChI is InChI=1S/C14H22N2O2/c1-8(2)5-11(15)14(18)16-12-7-9(3)6-10(4)13(12)17/h6-8,11,17H,5,15H2,1-4H3,(H,16,18)/t11-/m1/s1. The predicted octanol–water partition coefficient (Wildman–Crippen LogP) is 2.32. The van der Waals surface area contributed by atoms with Crippen LogP contribution in [0.4, 0.5) is 5.69 Å². The van der Waals surface area contributed by atoms with Crippen molar-refractivity contribution in [1.29, 1.82) is 0 Å². The van der Waals surface area contributed by atoms with Gasteiger partial charge in [0.15, 0.2) is 0 Å². The molecule has 0 radical (unpaired) electrons. The number of phenolic OH excluding ortho intramolecular Hbond substituents is 1. The molecule has 0 unspecified atom stereocenters. The van der Waals surface area contributed by atoms with Gasteiger partial charge >= 0.3 is 0 Å². The summed E-state index contributed by atoms with van der Waals surface area (Å²) in [5, 5.41) is 12.6. The van der Waals surface area contributed by atoms with Gasteiger partial charge in [0.25, 0.3) is 0 Å². The fourth-order valence-corrected chi connectivity index (χ4v) is 1.90. The Morgan fingerprint density at radius 3 is 2.56 bits per heavy atom. The molecule has 0 saturated heterocycles. The fourth-order valence-electron chi connectivity index (χ4n) is 1.90. The molecule has 4 nitrogen and oxygen atoms in total. The van der Waals surface area contributed by atoms with E-state index in [-0.39, 0.29) is 11.7 Å². The minimum absolute atomic E-state index is 0.102. The third-order valence-corrected chi connectivity index (χ3v) is 2.76. The molecular weight excluding hydrogens is 228 g/mol. The van der Waals surface area contributed by atoms with Crippen LogP contribution in [-0.2, 0) is 4.79 Å². The van der Waals surface area contributed by atoms with E-state index in [9.17, 15) is 9.90 Å². The highest BCUT2D eigenvalue weighted by Crippen LogP contribution is 2.28. The van der Waals surface area contributed by atoms with Crippen molar-refractivity contribution in [3.05, 3.63) is 23.3 Å². The molecule has 0 aliphatic carbocycles. The Labute approximate surface area is 108 Å². The summed E-state index contributed by atoms with van der Waals surface area (Å²) < 4.78 is 0. The van der Waals surface area contributed by atoms with Crippen LogP contribution in [0.1, 0.15) is 31.4 Å². The number of phenols is 1. The number of aromatic hydroxyl groups is 1. The van der Waals surface area contributed by atoms with Crippen molar-refractivity contribution < 1.29 is 9.90 Å². The average Bonchev–Trinajstić information content (AvgIpc) is 2.24. The fraction of sp³-hybridized carbons (Fsp3) is 0.500. The number of benzene rings is 1. The normalized spacial score (nSPS) is 12.6. The van der Waals surface area contributed by atoms with E-state index in [1.165, 1.54) is 0 Å². The topological polar surface area (TPSA) is 75.3 Å². The summed E-state index contributed by atoms with van der Waals surface area (Å²) >= 11 is 0. The number of hydrogen-bond donors (Lipinski definition) is 3. The molecule has 0 aliphatic heterocycles. The summed E-state index contributed by atoms with van der Waals surface area (Å²) in [6.45, 7) is 7.74. The molecule has 4 N–H and O–H groups in total. The lowest BCUT2D eigenvalue weighted by Crippen LogP contribution is -2.36. The number of aryl methyl sites for hydroxylation is 2. The van der Waals surface area contributed by atoms with Gasteiger partial charge in [-0.05, 0) is 43.4 Å². The van der Waals surface area contributed by atoms with Crippen molar-refractivity contribution >= 4 is 11.6 Å². The van der Waals surface area contributed by atoms with Gasteiger partial charge in [-0.2, -0.15) is 0 Å². The van der Waals surface area contributed by atoms with Crippen LogP contribution in [0.5, 0.6) is 5.75 Å². The van der Waals surface area contributed by atoms with E-state index >= 15 is 0 Å². The smallest absolute Gasteiger partial charge is 0.241 e. The maximum absolute atomic E-state index is 11.9. The van der Waals surface area contributed by atoms with Crippen LogP contribution in [0.2, 0.25) is 0 Å². The largest absolute Gasteiger partial charge is 0.505 e. The Bertz CT molecular complexity index is 442. The second kappa shape index (κ2) is 5.87. The Hall–Kier alpha value is -1.55. The summed E-state index contributed by atoms with van der Waals surface area (Å²) in [6.07, 6.45) is 0.622. The second-order valence-corrected chi connectivity index (χ2v) is 5.20. The first-order chi connectivity index (χ1) is 8.31. The number of carbonyl (C=O) groups excluding carboxylic acids is 1. The van der Waals surface area contributed by atoms with Crippen molar-refractivity contribution in [3.8, 4) is 5.75 Å². The number of hydrogen-bond acceptors (Lipinski definition) is 3. The van der Waals surface area contributed by atoms with Gasteiger partial charge in [-0.15, -0.1) is 0 Å². The van der Waals surface area contributed by atoms with Crippen molar-refractivity contribution in [2.24, 2.45) is 11.7 Å². The van der Waals surface area contributed by atoms with E-state index in [0.29, 0.717) is 18.0 Å². The second-order valence-electron chi connectivity index (χ2n) is 5.20. The summed E-state index contributed by atoms with van der Waals surface area (Å²) in [7, 11) is 0. The molecule has 0 bridgehead atoms. The molecule has 0 aliphatic rings. The number of amides is 1. The summed E-state index contributed by atoms with van der Waals surface area (Å²) in [6, 6.07) is 3.05. The van der Waals surface area contributed by atoms with E-state index in [0.717, 1.165) is 11.1 Å². The first-order valence-electron chi connectivity index (χ1n) is 6.18. The van der Waals surface area contributed by atoms with Gasteiger partial charge < -0.3 is 16.2 Å². The molecule has 0 spiro atoms. The van der Waals surface area contributed by atoms with E-state index in [2.05, 4.69) is 5.32 Å². The minimum atomic E-state index is -0.551. The Morgan fingerprint density at radius 1 is 1.39 bits per heavy atom. The van der Waals surface area contributed by atoms with Crippen LogP contribution in [0.15, 0.2) is 12.1 Å². The van der Waals surface area contributed by atoms with Crippen LogP contribution in [0.25, 0.3) is 0 Å². The minimum Gasteiger partial charge on any atom is -0.505 e. The first kappa shape index (κ1) is 14.5. The zero-order valence-corrected chi connectivity index (χ0v) is 11.4. The molecule has 1 aromatic rings. The number of nitrogens with one attached hydrogen (secondary N) is 1.